The molecule has 30 heavy (non-hydrogen) atoms. The summed E-state index contributed by atoms with van der Waals surface area (Å²) in [6.45, 7) is 0.409. The molecule has 0 fully saturated rings. The summed E-state index contributed by atoms with van der Waals surface area (Å²) in [5, 5.41) is 23.2. The Labute approximate surface area is 175 Å². The van der Waals surface area contributed by atoms with Gasteiger partial charge in [-0.05, 0) is 37.8 Å². The maximum Gasteiger partial charge on any atom is 0.326 e. The van der Waals surface area contributed by atoms with Crippen molar-refractivity contribution in [2.75, 3.05) is 6.54 Å². The van der Waals surface area contributed by atoms with Crippen LogP contribution in [0.1, 0.15) is 37.7 Å². The SMILES string of the molecule is NCCCC[C@H](NC(=O)[C@@H](N)CCC(=O)O)C(=O)N[C@@H](Cc1ccccc1)C(=O)O. The summed E-state index contributed by atoms with van der Waals surface area (Å²) in [6.07, 6.45) is 1.13. The average Bonchev–Trinajstić information content (AvgIpc) is 2.71. The molecule has 0 unspecified atom stereocenters. The Morgan fingerprint density at radius 1 is 0.900 bits per heavy atom. The van der Waals surface area contributed by atoms with Gasteiger partial charge >= 0.3 is 11.9 Å². The molecule has 0 saturated heterocycles. The molecular weight excluding hydrogens is 392 g/mol. The Hall–Kier alpha value is -2.98. The molecule has 0 radical (unpaired) electrons. The lowest BCUT2D eigenvalue weighted by Crippen LogP contribution is -2.54. The molecule has 166 valence electrons. The van der Waals surface area contributed by atoms with Crippen LogP contribution < -0.4 is 22.1 Å². The molecule has 0 aliphatic heterocycles. The normalized spacial score (nSPS) is 13.7. The number of carbonyl (C=O) groups is 4. The summed E-state index contributed by atoms with van der Waals surface area (Å²) in [4.78, 5) is 47.2. The number of rotatable bonds is 14. The number of benzene rings is 1. The second kappa shape index (κ2) is 13.3. The Morgan fingerprint density at radius 3 is 2.10 bits per heavy atom. The first-order valence-corrected chi connectivity index (χ1v) is 9.79. The molecule has 0 spiro atoms. The van der Waals surface area contributed by atoms with Crippen molar-refractivity contribution in [2.45, 2.75) is 56.7 Å². The summed E-state index contributed by atoms with van der Waals surface area (Å²) >= 11 is 0. The van der Waals surface area contributed by atoms with Gasteiger partial charge in [0, 0.05) is 12.8 Å². The van der Waals surface area contributed by atoms with Crippen molar-refractivity contribution in [1.82, 2.24) is 10.6 Å². The smallest absolute Gasteiger partial charge is 0.326 e. The van der Waals surface area contributed by atoms with Crippen molar-refractivity contribution in [1.29, 1.82) is 0 Å². The molecule has 0 aromatic heterocycles. The lowest BCUT2D eigenvalue weighted by molar-refractivity contribution is -0.142. The number of hydrogen-bond donors (Lipinski definition) is 6. The number of carboxylic acids is 2. The minimum atomic E-state index is -1.20. The van der Waals surface area contributed by atoms with E-state index in [9.17, 15) is 24.3 Å². The predicted molar refractivity (Wildman–Crippen MR) is 109 cm³/mol. The molecule has 0 aliphatic rings. The molecule has 0 heterocycles. The van der Waals surface area contributed by atoms with Gasteiger partial charge in [0.1, 0.15) is 12.1 Å². The van der Waals surface area contributed by atoms with E-state index in [1.165, 1.54) is 0 Å². The van der Waals surface area contributed by atoms with Crippen LogP contribution in [0.4, 0.5) is 0 Å². The van der Waals surface area contributed by atoms with Crippen LogP contribution in [0.15, 0.2) is 30.3 Å². The van der Waals surface area contributed by atoms with Crippen molar-refractivity contribution in [2.24, 2.45) is 11.5 Å². The fourth-order valence-electron chi connectivity index (χ4n) is 2.77. The van der Waals surface area contributed by atoms with Gasteiger partial charge in [0.2, 0.25) is 11.8 Å². The third-order valence-electron chi connectivity index (χ3n) is 4.48. The highest BCUT2D eigenvalue weighted by Crippen LogP contribution is 2.07. The van der Waals surface area contributed by atoms with Crippen LogP contribution in [0.5, 0.6) is 0 Å². The van der Waals surface area contributed by atoms with Gasteiger partial charge in [-0.3, -0.25) is 14.4 Å². The van der Waals surface area contributed by atoms with Crippen LogP contribution in [-0.4, -0.2) is 58.6 Å². The van der Waals surface area contributed by atoms with Crippen LogP contribution in [0.2, 0.25) is 0 Å². The predicted octanol–water partition coefficient (Wildman–Crippen LogP) is -0.396. The molecule has 10 heteroatoms. The van der Waals surface area contributed by atoms with Crippen molar-refractivity contribution in [3.05, 3.63) is 35.9 Å². The fourth-order valence-corrected chi connectivity index (χ4v) is 2.77. The average molecular weight is 422 g/mol. The van der Waals surface area contributed by atoms with E-state index in [0.29, 0.717) is 19.4 Å². The first-order chi connectivity index (χ1) is 14.2. The zero-order valence-electron chi connectivity index (χ0n) is 16.8. The molecule has 0 saturated carbocycles. The first kappa shape index (κ1) is 25.1. The number of amides is 2. The van der Waals surface area contributed by atoms with Gasteiger partial charge in [0.05, 0.1) is 6.04 Å². The maximum atomic E-state index is 12.7. The molecule has 1 aromatic carbocycles. The van der Waals surface area contributed by atoms with E-state index in [1.807, 2.05) is 0 Å². The van der Waals surface area contributed by atoms with Gasteiger partial charge in [-0.25, -0.2) is 4.79 Å². The van der Waals surface area contributed by atoms with E-state index in [-0.39, 0.29) is 25.7 Å². The monoisotopic (exact) mass is 422 g/mol. The topological polar surface area (TPSA) is 185 Å². The van der Waals surface area contributed by atoms with Gasteiger partial charge in [-0.1, -0.05) is 30.3 Å². The van der Waals surface area contributed by atoms with Crippen LogP contribution >= 0.6 is 0 Å². The van der Waals surface area contributed by atoms with Gasteiger partial charge in [0.25, 0.3) is 0 Å². The molecule has 1 aromatic rings. The Bertz CT molecular complexity index is 713. The number of carbonyl (C=O) groups excluding carboxylic acids is 2. The van der Waals surface area contributed by atoms with Gasteiger partial charge in [-0.2, -0.15) is 0 Å². The summed E-state index contributed by atoms with van der Waals surface area (Å²) in [5.41, 5.74) is 11.9. The molecular formula is C20H30N4O6. The Morgan fingerprint density at radius 2 is 1.53 bits per heavy atom. The summed E-state index contributed by atoms with van der Waals surface area (Å²) in [7, 11) is 0. The summed E-state index contributed by atoms with van der Waals surface area (Å²) in [6, 6.07) is 5.58. The highest BCUT2D eigenvalue weighted by atomic mass is 16.4. The Kier molecular flexibility index (Phi) is 11.1. The van der Waals surface area contributed by atoms with Crippen LogP contribution in [0.3, 0.4) is 0 Å². The molecule has 1 rings (SSSR count). The highest BCUT2D eigenvalue weighted by Gasteiger charge is 2.28. The van der Waals surface area contributed by atoms with Crippen molar-refractivity contribution in [3.63, 3.8) is 0 Å². The second-order valence-corrected chi connectivity index (χ2v) is 6.97. The van der Waals surface area contributed by atoms with Crippen LogP contribution in [-0.2, 0) is 25.6 Å². The maximum absolute atomic E-state index is 12.7. The molecule has 10 nitrogen and oxygen atoms in total. The molecule has 3 atom stereocenters. The zero-order chi connectivity index (χ0) is 22.5. The van der Waals surface area contributed by atoms with E-state index < -0.39 is 41.9 Å². The lowest BCUT2D eigenvalue weighted by Gasteiger charge is -2.23. The second-order valence-electron chi connectivity index (χ2n) is 6.97. The molecule has 0 aliphatic carbocycles. The first-order valence-electron chi connectivity index (χ1n) is 9.79. The fraction of sp³-hybridized carbons (Fsp3) is 0.500. The molecule has 0 bridgehead atoms. The largest absolute Gasteiger partial charge is 0.481 e. The summed E-state index contributed by atoms with van der Waals surface area (Å²) < 4.78 is 0. The number of hydrogen-bond acceptors (Lipinski definition) is 6. The zero-order valence-corrected chi connectivity index (χ0v) is 16.8. The number of nitrogens with two attached hydrogens (primary N) is 2. The number of nitrogens with one attached hydrogen (secondary N) is 2. The Balaban J connectivity index is 2.80. The highest BCUT2D eigenvalue weighted by molar-refractivity contribution is 5.91. The number of carboxylic acid groups (broad SMARTS) is 2. The third-order valence-corrected chi connectivity index (χ3v) is 4.48. The van der Waals surface area contributed by atoms with Crippen molar-refractivity contribution in [3.8, 4) is 0 Å². The van der Waals surface area contributed by atoms with E-state index in [0.717, 1.165) is 5.56 Å². The van der Waals surface area contributed by atoms with Gasteiger partial charge in [0.15, 0.2) is 0 Å². The third kappa shape index (κ3) is 9.48. The minimum absolute atomic E-state index is 0.0793. The van der Waals surface area contributed by atoms with E-state index in [4.69, 9.17) is 16.6 Å². The lowest BCUT2D eigenvalue weighted by atomic mass is 10.0. The van der Waals surface area contributed by atoms with Gasteiger partial charge < -0.3 is 32.3 Å². The van der Waals surface area contributed by atoms with Crippen molar-refractivity contribution >= 4 is 23.8 Å². The van der Waals surface area contributed by atoms with E-state index >= 15 is 0 Å². The van der Waals surface area contributed by atoms with Crippen LogP contribution in [0.25, 0.3) is 0 Å². The standard InChI is InChI=1S/C20H30N4O6/c21-11-5-4-8-15(23-18(27)14(22)9-10-17(25)26)19(28)24-16(20(29)30)12-13-6-2-1-3-7-13/h1-3,6-7,14-16H,4-5,8-12,21-22H2,(H,23,27)(H,24,28)(H,25,26)(H,29,30)/t14-,15-,16-/m0/s1. The number of unbranched alkanes of at least 4 members (excludes halogenated alkanes) is 1. The number of aliphatic carboxylic acids is 2. The van der Waals surface area contributed by atoms with E-state index in [2.05, 4.69) is 10.6 Å². The van der Waals surface area contributed by atoms with Crippen LogP contribution in [0, 0.1) is 0 Å². The summed E-state index contributed by atoms with van der Waals surface area (Å²) in [5.74, 6) is -3.59. The quantitative estimate of drug-likeness (QED) is 0.219. The molecule has 8 N–H and O–H groups in total. The van der Waals surface area contributed by atoms with Crippen molar-refractivity contribution < 1.29 is 29.4 Å². The molecule has 2 amide bonds. The van der Waals surface area contributed by atoms with Gasteiger partial charge in [-0.15, -0.1) is 0 Å². The minimum Gasteiger partial charge on any atom is -0.481 e. The van der Waals surface area contributed by atoms with E-state index in [1.54, 1.807) is 30.3 Å².